The van der Waals surface area contributed by atoms with E-state index < -0.39 is 0 Å². The molecular weight excluding hydrogens is 192 g/mol. The van der Waals surface area contributed by atoms with Crippen LogP contribution in [0.15, 0.2) is 30.3 Å². The normalized spacial score (nSPS) is 9.93. The highest BCUT2D eigenvalue weighted by Crippen LogP contribution is 1.98. The van der Waals surface area contributed by atoms with E-state index in [2.05, 4.69) is 10.8 Å². The van der Waals surface area contributed by atoms with Crippen LogP contribution in [0.2, 0.25) is 0 Å². The molecule has 0 bridgehead atoms. The molecule has 4 nitrogen and oxygen atoms in total. The number of amides is 1. The van der Waals surface area contributed by atoms with Crippen molar-refractivity contribution < 1.29 is 9.63 Å². The van der Waals surface area contributed by atoms with Gasteiger partial charge in [-0.25, -0.2) is 5.48 Å². The Balaban J connectivity index is 2.00. The second-order valence-electron chi connectivity index (χ2n) is 3.15. The van der Waals surface area contributed by atoms with Crippen LogP contribution in [0, 0.1) is 0 Å². The maximum atomic E-state index is 10.5. The van der Waals surface area contributed by atoms with Gasteiger partial charge in [-0.15, -0.1) is 0 Å². The quantitative estimate of drug-likeness (QED) is 0.538. The molecule has 1 aromatic rings. The van der Waals surface area contributed by atoms with E-state index in [0.29, 0.717) is 19.7 Å². The molecule has 0 aliphatic rings. The smallest absolute Gasteiger partial charge is 0.216 e. The fourth-order valence-electron chi connectivity index (χ4n) is 1.07. The molecule has 1 amide bonds. The van der Waals surface area contributed by atoms with E-state index in [-0.39, 0.29) is 5.91 Å². The number of rotatable bonds is 6. The molecular formula is C11H16N2O2. The van der Waals surface area contributed by atoms with Gasteiger partial charge in [0.15, 0.2) is 0 Å². The maximum Gasteiger partial charge on any atom is 0.216 e. The second-order valence-corrected chi connectivity index (χ2v) is 3.15. The van der Waals surface area contributed by atoms with Crippen LogP contribution in [0.3, 0.4) is 0 Å². The first-order valence-corrected chi connectivity index (χ1v) is 4.92. The number of nitrogens with one attached hydrogen (secondary N) is 2. The van der Waals surface area contributed by atoms with Crippen LogP contribution in [0.4, 0.5) is 0 Å². The molecule has 1 rings (SSSR count). The summed E-state index contributed by atoms with van der Waals surface area (Å²) in [5, 5.41) is 2.66. The molecule has 0 spiro atoms. The van der Waals surface area contributed by atoms with Gasteiger partial charge in [0, 0.05) is 20.0 Å². The fraction of sp³-hybridized carbons (Fsp3) is 0.364. The molecule has 0 heterocycles. The minimum absolute atomic E-state index is 0.0279. The number of carbonyl (C=O) groups is 1. The van der Waals surface area contributed by atoms with E-state index in [1.807, 2.05) is 30.3 Å². The lowest BCUT2D eigenvalue weighted by Crippen LogP contribution is -2.30. The summed E-state index contributed by atoms with van der Waals surface area (Å²) in [6.07, 6.45) is 0. The van der Waals surface area contributed by atoms with Crippen LogP contribution in [0.5, 0.6) is 0 Å². The van der Waals surface area contributed by atoms with Crippen molar-refractivity contribution in [2.24, 2.45) is 0 Å². The standard InChI is InChI=1S/C11H16N2O2/c1-10(14)12-7-8-13-15-9-11-5-3-2-4-6-11/h2-6,13H,7-9H2,1H3,(H,12,14). The highest BCUT2D eigenvalue weighted by molar-refractivity contribution is 5.72. The minimum atomic E-state index is -0.0279. The number of benzene rings is 1. The van der Waals surface area contributed by atoms with Crippen molar-refractivity contribution in [1.29, 1.82) is 0 Å². The molecule has 0 aromatic heterocycles. The summed E-state index contributed by atoms with van der Waals surface area (Å²) in [5.41, 5.74) is 3.89. The molecule has 0 radical (unpaired) electrons. The lowest BCUT2D eigenvalue weighted by Gasteiger charge is -2.05. The molecule has 0 aliphatic heterocycles. The number of hydrogen-bond acceptors (Lipinski definition) is 3. The summed E-state index contributed by atoms with van der Waals surface area (Å²) in [4.78, 5) is 15.7. The molecule has 0 saturated carbocycles. The first kappa shape index (κ1) is 11.7. The number of hydroxylamine groups is 1. The van der Waals surface area contributed by atoms with Crippen molar-refractivity contribution >= 4 is 5.91 Å². The van der Waals surface area contributed by atoms with Crippen molar-refractivity contribution in [1.82, 2.24) is 10.8 Å². The Kier molecular flexibility index (Phi) is 5.43. The van der Waals surface area contributed by atoms with E-state index >= 15 is 0 Å². The van der Waals surface area contributed by atoms with E-state index in [4.69, 9.17) is 4.84 Å². The van der Waals surface area contributed by atoms with Crippen LogP contribution < -0.4 is 10.8 Å². The zero-order valence-corrected chi connectivity index (χ0v) is 8.82. The average molecular weight is 208 g/mol. The third-order valence-electron chi connectivity index (χ3n) is 1.78. The first-order chi connectivity index (χ1) is 7.29. The largest absolute Gasteiger partial charge is 0.355 e. The van der Waals surface area contributed by atoms with Gasteiger partial charge in [0.1, 0.15) is 0 Å². The maximum absolute atomic E-state index is 10.5. The summed E-state index contributed by atoms with van der Waals surface area (Å²) >= 11 is 0. The lowest BCUT2D eigenvalue weighted by atomic mass is 10.2. The lowest BCUT2D eigenvalue weighted by molar-refractivity contribution is -0.119. The summed E-state index contributed by atoms with van der Waals surface area (Å²) in [5.74, 6) is -0.0279. The summed E-state index contributed by atoms with van der Waals surface area (Å²) < 4.78 is 0. The van der Waals surface area contributed by atoms with E-state index in [0.717, 1.165) is 5.56 Å². The third-order valence-corrected chi connectivity index (χ3v) is 1.78. The monoisotopic (exact) mass is 208 g/mol. The van der Waals surface area contributed by atoms with Gasteiger partial charge >= 0.3 is 0 Å². The van der Waals surface area contributed by atoms with Crippen LogP contribution in [-0.4, -0.2) is 19.0 Å². The Bertz CT molecular complexity index is 288. The summed E-state index contributed by atoms with van der Waals surface area (Å²) in [6.45, 7) is 3.20. The Morgan fingerprint density at radius 3 is 2.67 bits per heavy atom. The van der Waals surface area contributed by atoms with E-state index in [1.54, 1.807) is 0 Å². The van der Waals surface area contributed by atoms with Gasteiger partial charge < -0.3 is 5.32 Å². The average Bonchev–Trinajstić information content (AvgIpc) is 2.24. The zero-order valence-electron chi connectivity index (χ0n) is 8.82. The highest BCUT2D eigenvalue weighted by Gasteiger charge is 1.92. The highest BCUT2D eigenvalue weighted by atomic mass is 16.6. The Labute approximate surface area is 89.6 Å². The zero-order chi connectivity index (χ0) is 10.9. The topological polar surface area (TPSA) is 50.4 Å². The molecule has 0 unspecified atom stereocenters. The molecule has 0 aliphatic carbocycles. The molecule has 15 heavy (non-hydrogen) atoms. The molecule has 82 valence electrons. The molecule has 4 heteroatoms. The van der Waals surface area contributed by atoms with Gasteiger partial charge in [0.2, 0.25) is 5.91 Å². The van der Waals surface area contributed by atoms with E-state index in [1.165, 1.54) is 6.92 Å². The number of hydrogen-bond donors (Lipinski definition) is 2. The van der Waals surface area contributed by atoms with Gasteiger partial charge in [0.05, 0.1) is 6.61 Å². The van der Waals surface area contributed by atoms with Crippen LogP contribution >= 0.6 is 0 Å². The van der Waals surface area contributed by atoms with Gasteiger partial charge in [-0.3, -0.25) is 9.63 Å². The fourth-order valence-corrected chi connectivity index (χ4v) is 1.07. The van der Waals surface area contributed by atoms with Crippen molar-refractivity contribution in [3.8, 4) is 0 Å². The molecule has 0 saturated heterocycles. The Morgan fingerprint density at radius 2 is 2.00 bits per heavy atom. The molecule has 0 atom stereocenters. The minimum Gasteiger partial charge on any atom is -0.355 e. The van der Waals surface area contributed by atoms with Crippen molar-refractivity contribution in [3.63, 3.8) is 0 Å². The molecule has 2 N–H and O–H groups in total. The van der Waals surface area contributed by atoms with Crippen molar-refractivity contribution in [2.75, 3.05) is 13.1 Å². The second kappa shape index (κ2) is 6.98. The van der Waals surface area contributed by atoms with Gasteiger partial charge in [0.25, 0.3) is 0 Å². The van der Waals surface area contributed by atoms with Gasteiger partial charge in [-0.05, 0) is 5.56 Å². The van der Waals surface area contributed by atoms with Crippen LogP contribution in [0.1, 0.15) is 12.5 Å². The SMILES string of the molecule is CC(=O)NCCNOCc1ccccc1. The first-order valence-electron chi connectivity index (χ1n) is 4.92. The van der Waals surface area contributed by atoms with E-state index in [9.17, 15) is 4.79 Å². The Hall–Kier alpha value is -1.39. The predicted octanol–water partition coefficient (Wildman–Crippen LogP) is 0.844. The van der Waals surface area contributed by atoms with Crippen LogP contribution in [0.25, 0.3) is 0 Å². The predicted molar refractivity (Wildman–Crippen MR) is 57.9 cm³/mol. The Morgan fingerprint density at radius 1 is 1.27 bits per heavy atom. The summed E-state index contributed by atoms with van der Waals surface area (Å²) in [7, 11) is 0. The summed E-state index contributed by atoms with van der Waals surface area (Å²) in [6, 6.07) is 9.89. The number of carbonyl (C=O) groups excluding carboxylic acids is 1. The van der Waals surface area contributed by atoms with Gasteiger partial charge in [-0.1, -0.05) is 30.3 Å². The van der Waals surface area contributed by atoms with Gasteiger partial charge in [-0.2, -0.15) is 0 Å². The molecule has 0 fully saturated rings. The van der Waals surface area contributed by atoms with Crippen molar-refractivity contribution in [3.05, 3.63) is 35.9 Å². The molecule has 1 aromatic carbocycles. The van der Waals surface area contributed by atoms with Crippen molar-refractivity contribution in [2.45, 2.75) is 13.5 Å². The third kappa shape index (κ3) is 5.83. The van der Waals surface area contributed by atoms with Crippen LogP contribution in [-0.2, 0) is 16.2 Å².